The molecular formula is C25H26F7N3O2. The van der Waals surface area contributed by atoms with E-state index in [2.05, 4.69) is 10.5 Å². The van der Waals surface area contributed by atoms with Crippen molar-refractivity contribution in [2.75, 3.05) is 20.1 Å². The molecule has 4 rings (SSSR count). The Bertz CT molecular complexity index is 1050. The molecule has 12 heteroatoms. The number of amides is 2. The molecule has 1 saturated heterocycles. The number of fused-ring (bicyclic) bond motifs is 1. The number of carbonyl (C=O) groups is 1. The lowest BCUT2D eigenvalue weighted by Crippen LogP contribution is -2.36. The maximum atomic E-state index is 13.1. The maximum absolute atomic E-state index is 13.1. The average Bonchev–Trinajstić information content (AvgIpc) is 3.28. The lowest BCUT2D eigenvalue weighted by Gasteiger charge is -2.33. The number of halogens is 7. The molecule has 0 bridgehead atoms. The van der Waals surface area contributed by atoms with E-state index in [1.165, 1.54) is 18.4 Å². The lowest BCUT2D eigenvalue weighted by atomic mass is 9.71. The predicted octanol–water partition coefficient (Wildman–Crippen LogP) is 6.97. The van der Waals surface area contributed by atoms with Gasteiger partial charge in [0.2, 0.25) is 0 Å². The Balaban J connectivity index is 0.000000209. The summed E-state index contributed by atoms with van der Waals surface area (Å²) in [4.78, 5) is 23.6. The van der Waals surface area contributed by atoms with Gasteiger partial charge in [-0.2, -0.15) is 31.2 Å². The monoisotopic (exact) mass is 533 g/mol. The topological polar surface area (TPSA) is 61.8 Å². The first-order chi connectivity index (χ1) is 17.3. The fraction of sp³-hybridized carbons (Fsp3) is 0.480. The molecule has 1 N–H and O–H groups in total. The van der Waals surface area contributed by atoms with E-state index in [9.17, 15) is 40.4 Å². The number of nitroso groups, excluding NO2 is 1. The first-order valence-electron chi connectivity index (χ1n) is 11.6. The summed E-state index contributed by atoms with van der Waals surface area (Å²) in [5.41, 5.74) is -2.11. The fourth-order valence-corrected chi connectivity index (χ4v) is 5.10. The van der Waals surface area contributed by atoms with E-state index in [4.69, 9.17) is 0 Å². The molecule has 2 unspecified atom stereocenters. The van der Waals surface area contributed by atoms with Gasteiger partial charge in [0, 0.05) is 20.1 Å². The number of alkyl halides is 6. The molecule has 0 radical (unpaired) electrons. The Kier molecular flexibility index (Phi) is 8.80. The largest absolute Gasteiger partial charge is 0.416 e. The van der Waals surface area contributed by atoms with Crippen LogP contribution in [0.4, 0.5) is 35.5 Å². The highest BCUT2D eigenvalue weighted by atomic mass is 19.4. The van der Waals surface area contributed by atoms with Crippen LogP contribution in [0.25, 0.3) is 0 Å². The number of nitrogens with zero attached hydrogens (tertiary/aromatic N) is 2. The summed E-state index contributed by atoms with van der Waals surface area (Å²) in [7, 11) is 1.68. The van der Waals surface area contributed by atoms with Crippen molar-refractivity contribution in [2.24, 2.45) is 17.0 Å². The van der Waals surface area contributed by atoms with Crippen LogP contribution in [0.5, 0.6) is 0 Å². The third-order valence-corrected chi connectivity index (χ3v) is 6.79. The summed E-state index contributed by atoms with van der Waals surface area (Å²) in [5.74, 6) is 1.39. The van der Waals surface area contributed by atoms with E-state index in [0.29, 0.717) is 29.9 Å². The van der Waals surface area contributed by atoms with Crippen LogP contribution in [0.15, 0.2) is 47.6 Å². The summed E-state index contributed by atoms with van der Waals surface area (Å²) >= 11 is 0. The molecule has 2 aromatic rings. The van der Waals surface area contributed by atoms with Crippen LogP contribution in [0.3, 0.4) is 0 Å². The van der Waals surface area contributed by atoms with Gasteiger partial charge in [0.25, 0.3) is 0 Å². The summed E-state index contributed by atoms with van der Waals surface area (Å²) in [5, 5.41) is 4.98. The quantitative estimate of drug-likeness (QED) is 0.342. The Labute approximate surface area is 209 Å². The molecule has 2 aromatic carbocycles. The van der Waals surface area contributed by atoms with Gasteiger partial charge in [-0.25, -0.2) is 9.18 Å². The molecule has 37 heavy (non-hydrogen) atoms. The van der Waals surface area contributed by atoms with Crippen LogP contribution >= 0.6 is 0 Å². The van der Waals surface area contributed by atoms with Crippen LogP contribution in [0, 0.1) is 22.6 Å². The van der Waals surface area contributed by atoms with Crippen molar-refractivity contribution in [3.8, 4) is 0 Å². The molecule has 0 aromatic heterocycles. The molecule has 2 aliphatic rings. The van der Waals surface area contributed by atoms with E-state index in [1.807, 2.05) is 17.0 Å². The number of carbonyl (C=O) groups excluding carboxylic acids is 1. The van der Waals surface area contributed by atoms with Crippen molar-refractivity contribution >= 4 is 6.03 Å². The van der Waals surface area contributed by atoms with E-state index in [-0.39, 0.29) is 17.9 Å². The van der Waals surface area contributed by atoms with Crippen molar-refractivity contribution in [1.82, 2.24) is 10.2 Å². The fourth-order valence-electron chi connectivity index (χ4n) is 5.10. The maximum Gasteiger partial charge on any atom is 0.416 e. The van der Waals surface area contributed by atoms with E-state index in [1.54, 1.807) is 19.2 Å². The SMILES string of the molecule is CNC(=O)N1CC2CCCC(c3ccc(F)cc3)[C@@H]2C1.O=NCc1cc(C(F)(F)F)cc(C(F)(F)F)c1. The molecule has 2 fully saturated rings. The second-order valence-electron chi connectivity index (χ2n) is 9.17. The lowest BCUT2D eigenvalue weighted by molar-refractivity contribution is -0.143. The molecule has 2 amide bonds. The van der Waals surface area contributed by atoms with Gasteiger partial charge in [-0.05, 0) is 72.1 Å². The molecular weight excluding hydrogens is 507 g/mol. The minimum Gasteiger partial charge on any atom is -0.341 e. The molecule has 1 heterocycles. The number of nitrogens with one attached hydrogen (secondary N) is 1. The Morgan fingerprint density at radius 3 is 2.08 bits per heavy atom. The Morgan fingerprint density at radius 1 is 0.973 bits per heavy atom. The first-order valence-corrected chi connectivity index (χ1v) is 11.6. The summed E-state index contributed by atoms with van der Waals surface area (Å²) in [6, 6.07) is 7.86. The molecule has 202 valence electrons. The van der Waals surface area contributed by atoms with Crippen molar-refractivity contribution in [1.29, 1.82) is 0 Å². The Hall–Kier alpha value is -3.18. The van der Waals surface area contributed by atoms with Gasteiger partial charge >= 0.3 is 18.4 Å². The third-order valence-electron chi connectivity index (χ3n) is 6.79. The smallest absolute Gasteiger partial charge is 0.341 e. The minimum atomic E-state index is -4.90. The van der Waals surface area contributed by atoms with Gasteiger partial charge in [-0.15, -0.1) is 0 Å². The standard InChI is InChI=1S/C16H21FN2O.C9H5F6NO/c1-18-16(20)19-9-12-3-2-4-14(15(12)10-19)11-5-7-13(17)8-6-11;10-8(11,12)6-1-5(4-16-17)2-7(3-6)9(13,14)15/h5-8,12,14-15H,2-4,9-10H2,1H3,(H,18,20);1-3H,4H2/t12?,14?,15-;/m1./s1. The highest BCUT2D eigenvalue weighted by Gasteiger charge is 2.42. The molecule has 3 atom stereocenters. The number of rotatable bonds is 3. The summed E-state index contributed by atoms with van der Waals surface area (Å²) in [6.45, 7) is 0.946. The zero-order valence-corrected chi connectivity index (χ0v) is 19.9. The van der Waals surface area contributed by atoms with Gasteiger partial charge in [-0.3, -0.25) is 0 Å². The molecule has 1 aliphatic heterocycles. The van der Waals surface area contributed by atoms with E-state index in [0.717, 1.165) is 19.5 Å². The predicted molar refractivity (Wildman–Crippen MR) is 122 cm³/mol. The van der Waals surface area contributed by atoms with Crippen LogP contribution in [-0.4, -0.2) is 31.1 Å². The van der Waals surface area contributed by atoms with Crippen LogP contribution < -0.4 is 5.32 Å². The molecule has 0 spiro atoms. The number of urea groups is 1. The third kappa shape index (κ3) is 7.20. The normalized spacial score (nSPS) is 21.5. The van der Waals surface area contributed by atoms with Gasteiger partial charge in [0.05, 0.1) is 11.1 Å². The van der Waals surface area contributed by atoms with E-state index >= 15 is 0 Å². The van der Waals surface area contributed by atoms with Crippen LogP contribution in [0.2, 0.25) is 0 Å². The number of hydrogen-bond acceptors (Lipinski definition) is 3. The van der Waals surface area contributed by atoms with Crippen LogP contribution in [0.1, 0.15) is 47.4 Å². The van der Waals surface area contributed by atoms with Gasteiger partial charge in [-0.1, -0.05) is 23.7 Å². The second-order valence-corrected chi connectivity index (χ2v) is 9.17. The first kappa shape index (κ1) is 28.4. The average molecular weight is 533 g/mol. The van der Waals surface area contributed by atoms with Gasteiger partial charge in [0.15, 0.2) is 0 Å². The molecule has 5 nitrogen and oxygen atoms in total. The van der Waals surface area contributed by atoms with Crippen molar-refractivity contribution in [2.45, 2.75) is 44.1 Å². The van der Waals surface area contributed by atoms with Crippen molar-refractivity contribution in [3.05, 3.63) is 75.4 Å². The number of hydrogen-bond donors (Lipinski definition) is 1. The van der Waals surface area contributed by atoms with Crippen LogP contribution in [-0.2, 0) is 18.9 Å². The summed E-state index contributed by atoms with van der Waals surface area (Å²) in [6.07, 6.45) is -6.26. The number of likely N-dealkylation sites (tertiary alicyclic amines) is 1. The van der Waals surface area contributed by atoms with Crippen molar-refractivity contribution in [3.63, 3.8) is 0 Å². The second kappa shape index (κ2) is 11.5. The number of benzene rings is 2. The van der Waals surface area contributed by atoms with E-state index < -0.39 is 35.6 Å². The van der Waals surface area contributed by atoms with Gasteiger partial charge < -0.3 is 10.2 Å². The van der Waals surface area contributed by atoms with Crippen molar-refractivity contribution < 1.29 is 35.5 Å². The zero-order valence-electron chi connectivity index (χ0n) is 19.9. The minimum absolute atomic E-state index is 0.00565. The molecule has 1 saturated carbocycles. The molecule has 1 aliphatic carbocycles. The highest BCUT2D eigenvalue weighted by molar-refractivity contribution is 5.74. The van der Waals surface area contributed by atoms with Gasteiger partial charge in [0.1, 0.15) is 12.4 Å². The summed E-state index contributed by atoms with van der Waals surface area (Å²) < 4.78 is 86.9. The highest BCUT2D eigenvalue weighted by Crippen LogP contribution is 2.45. The zero-order chi connectivity index (χ0) is 27.4. The Morgan fingerprint density at radius 2 is 1.57 bits per heavy atom.